The molecule has 1 heterocycles. The van der Waals surface area contributed by atoms with Crippen LogP contribution in [-0.4, -0.2) is 10.5 Å². The molecule has 1 N–H and O–H groups in total. The van der Waals surface area contributed by atoms with Crippen LogP contribution < -0.4 is 5.32 Å². The van der Waals surface area contributed by atoms with Crippen LogP contribution in [0, 0.1) is 0 Å². The van der Waals surface area contributed by atoms with Gasteiger partial charge in [0.2, 0.25) is 5.91 Å². The number of aryl methyl sites for hydroxylation is 1. The second kappa shape index (κ2) is 6.03. The third-order valence-electron chi connectivity index (χ3n) is 3.80. The maximum absolute atomic E-state index is 12.7. The molecule has 0 bridgehead atoms. The summed E-state index contributed by atoms with van der Waals surface area (Å²) in [5, 5.41) is 3.49. The summed E-state index contributed by atoms with van der Waals surface area (Å²) in [6.07, 6.45) is -2.48. The molecule has 3 rings (SSSR count). The number of alkyl halides is 3. The Morgan fingerprint density at radius 1 is 1.12 bits per heavy atom. The lowest BCUT2D eigenvalue weighted by Crippen LogP contribution is -2.15. The zero-order valence-electron chi connectivity index (χ0n) is 12.9. The summed E-state index contributed by atoms with van der Waals surface area (Å²) in [5.74, 6) is -0.356. The molecule has 24 heavy (non-hydrogen) atoms. The number of fused-ring (bicyclic) bond motifs is 1. The van der Waals surface area contributed by atoms with E-state index >= 15 is 0 Å². The van der Waals surface area contributed by atoms with Crippen LogP contribution in [0.4, 0.5) is 18.9 Å². The highest BCUT2D eigenvalue weighted by Gasteiger charge is 2.30. The number of nitrogens with zero attached hydrogens (tertiary/aromatic N) is 1. The molecule has 0 saturated heterocycles. The highest BCUT2D eigenvalue weighted by molar-refractivity contribution is 5.96. The first-order chi connectivity index (χ1) is 11.3. The van der Waals surface area contributed by atoms with E-state index in [1.807, 2.05) is 42.1 Å². The van der Waals surface area contributed by atoms with E-state index in [9.17, 15) is 18.0 Å². The average molecular weight is 332 g/mol. The Kier molecular flexibility index (Phi) is 4.05. The molecule has 0 spiro atoms. The summed E-state index contributed by atoms with van der Waals surface area (Å²) in [7, 11) is 1.89. The van der Waals surface area contributed by atoms with Gasteiger partial charge in [-0.25, -0.2) is 0 Å². The number of para-hydroxylation sites is 1. The fourth-order valence-electron chi connectivity index (χ4n) is 2.72. The lowest BCUT2D eigenvalue weighted by atomic mass is 10.1. The molecule has 1 aromatic heterocycles. The van der Waals surface area contributed by atoms with Gasteiger partial charge in [-0.05, 0) is 29.8 Å². The van der Waals surface area contributed by atoms with E-state index in [2.05, 4.69) is 5.32 Å². The van der Waals surface area contributed by atoms with Crippen molar-refractivity contribution in [2.24, 2.45) is 7.05 Å². The van der Waals surface area contributed by atoms with Crippen molar-refractivity contribution in [3.05, 3.63) is 65.9 Å². The van der Waals surface area contributed by atoms with Crippen LogP contribution in [0.2, 0.25) is 0 Å². The molecule has 3 nitrogen and oxygen atoms in total. The van der Waals surface area contributed by atoms with E-state index in [4.69, 9.17) is 0 Å². The van der Waals surface area contributed by atoms with E-state index in [0.29, 0.717) is 0 Å². The molecule has 0 atom stereocenters. The SMILES string of the molecule is Cn1cc(CC(=O)Nc2cccc(C(F)(F)F)c2)c2ccccc21. The first-order valence-corrected chi connectivity index (χ1v) is 7.34. The maximum atomic E-state index is 12.7. The lowest BCUT2D eigenvalue weighted by molar-refractivity contribution is -0.137. The van der Waals surface area contributed by atoms with Crippen LogP contribution in [0.3, 0.4) is 0 Å². The van der Waals surface area contributed by atoms with Crippen LogP contribution in [-0.2, 0) is 24.4 Å². The number of hydrogen-bond acceptors (Lipinski definition) is 1. The predicted molar refractivity (Wildman–Crippen MR) is 86.7 cm³/mol. The molecular formula is C18H15F3N2O. The van der Waals surface area contributed by atoms with Crippen molar-refractivity contribution in [1.82, 2.24) is 4.57 Å². The Balaban J connectivity index is 1.78. The molecule has 3 aromatic rings. The third kappa shape index (κ3) is 3.27. The number of carbonyl (C=O) groups excluding carboxylic acids is 1. The van der Waals surface area contributed by atoms with Gasteiger partial charge in [0.05, 0.1) is 12.0 Å². The zero-order chi connectivity index (χ0) is 17.3. The minimum Gasteiger partial charge on any atom is -0.350 e. The number of amides is 1. The molecule has 0 aliphatic rings. The van der Waals surface area contributed by atoms with Gasteiger partial charge in [-0.2, -0.15) is 13.2 Å². The molecule has 0 fully saturated rings. The smallest absolute Gasteiger partial charge is 0.350 e. The largest absolute Gasteiger partial charge is 0.416 e. The lowest BCUT2D eigenvalue weighted by Gasteiger charge is -2.09. The molecule has 0 unspecified atom stereocenters. The van der Waals surface area contributed by atoms with E-state index in [1.54, 1.807) is 0 Å². The molecule has 0 saturated carbocycles. The molecule has 1 amide bonds. The number of nitrogens with one attached hydrogen (secondary N) is 1. The Morgan fingerprint density at radius 2 is 1.88 bits per heavy atom. The normalized spacial score (nSPS) is 11.7. The molecule has 0 aliphatic heterocycles. The third-order valence-corrected chi connectivity index (χ3v) is 3.80. The van der Waals surface area contributed by atoms with Gasteiger partial charge < -0.3 is 9.88 Å². The van der Waals surface area contributed by atoms with Crippen LogP contribution >= 0.6 is 0 Å². The van der Waals surface area contributed by atoms with E-state index < -0.39 is 11.7 Å². The number of carbonyl (C=O) groups is 1. The van der Waals surface area contributed by atoms with E-state index in [0.717, 1.165) is 28.6 Å². The number of aromatic nitrogens is 1. The highest BCUT2D eigenvalue weighted by atomic mass is 19.4. The van der Waals surface area contributed by atoms with Gasteiger partial charge in [-0.3, -0.25) is 4.79 Å². The summed E-state index contributed by atoms with van der Waals surface area (Å²) in [5.41, 5.74) is 1.18. The molecule has 124 valence electrons. The fraction of sp³-hybridized carbons (Fsp3) is 0.167. The fourth-order valence-corrected chi connectivity index (χ4v) is 2.72. The van der Waals surface area contributed by atoms with Crippen molar-refractivity contribution in [1.29, 1.82) is 0 Å². The summed E-state index contributed by atoms with van der Waals surface area (Å²) >= 11 is 0. The molecular weight excluding hydrogens is 317 g/mol. The van der Waals surface area contributed by atoms with Crippen LogP contribution in [0.1, 0.15) is 11.1 Å². The monoisotopic (exact) mass is 332 g/mol. The number of rotatable bonds is 3. The van der Waals surface area contributed by atoms with Crippen molar-refractivity contribution in [3.8, 4) is 0 Å². The summed E-state index contributed by atoms with van der Waals surface area (Å²) in [6.45, 7) is 0. The quantitative estimate of drug-likeness (QED) is 0.759. The predicted octanol–water partition coefficient (Wildman–Crippen LogP) is 4.38. The van der Waals surface area contributed by atoms with Gasteiger partial charge in [-0.1, -0.05) is 24.3 Å². The highest BCUT2D eigenvalue weighted by Crippen LogP contribution is 2.30. The van der Waals surface area contributed by atoms with Crippen molar-refractivity contribution >= 4 is 22.5 Å². The van der Waals surface area contributed by atoms with Crippen molar-refractivity contribution in [3.63, 3.8) is 0 Å². The van der Waals surface area contributed by atoms with Crippen LogP contribution in [0.15, 0.2) is 54.7 Å². The summed E-state index contributed by atoms with van der Waals surface area (Å²) in [6, 6.07) is 12.3. The second-order valence-electron chi connectivity index (χ2n) is 5.59. The maximum Gasteiger partial charge on any atom is 0.416 e. The number of benzene rings is 2. The molecule has 0 aliphatic carbocycles. The number of hydrogen-bond donors (Lipinski definition) is 1. The Labute approximate surface area is 136 Å². The summed E-state index contributed by atoms with van der Waals surface area (Å²) in [4.78, 5) is 12.2. The van der Waals surface area contributed by atoms with Crippen LogP contribution in [0.5, 0.6) is 0 Å². The second-order valence-corrected chi connectivity index (χ2v) is 5.59. The van der Waals surface area contributed by atoms with Crippen molar-refractivity contribution in [2.75, 3.05) is 5.32 Å². The Hall–Kier alpha value is -2.76. The topological polar surface area (TPSA) is 34.0 Å². The molecule has 2 aromatic carbocycles. The molecule has 6 heteroatoms. The van der Waals surface area contributed by atoms with Gasteiger partial charge in [-0.15, -0.1) is 0 Å². The standard InChI is InChI=1S/C18H15F3N2O/c1-23-11-12(15-7-2-3-8-16(15)23)9-17(24)22-14-6-4-5-13(10-14)18(19,20)21/h2-8,10-11H,9H2,1H3,(H,22,24). The van der Waals surface area contributed by atoms with Gasteiger partial charge in [0, 0.05) is 29.8 Å². The van der Waals surface area contributed by atoms with Gasteiger partial charge >= 0.3 is 6.18 Å². The summed E-state index contributed by atoms with van der Waals surface area (Å²) < 4.78 is 40.1. The van der Waals surface area contributed by atoms with E-state index in [1.165, 1.54) is 12.1 Å². The van der Waals surface area contributed by atoms with Gasteiger partial charge in [0.1, 0.15) is 0 Å². The minimum atomic E-state index is -4.43. The molecule has 0 radical (unpaired) electrons. The average Bonchev–Trinajstić information content (AvgIpc) is 2.83. The number of halogens is 3. The first kappa shape index (κ1) is 16.1. The van der Waals surface area contributed by atoms with Crippen molar-refractivity contribution < 1.29 is 18.0 Å². The van der Waals surface area contributed by atoms with E-state index in [-0.39, 0.29) is 18.0 Å². The Morgan fingerprint density at radius 3 is 2.62 bits per heavy atom. The number of anilines is 1. The van der Waals surface area contributed by atoms with Crippen molar-refractivity contribution in [2.45, 2.75) is 12.6 Å². The van der Waals surface area contributed by atoms with Gasteiger partial charge in [0.25, 0.3) is 0 Å². The first-order valence-electron chi connectivity index (χ1n) is 7.34. The Bertz CT molecular complexity index is 897. The zero-order valence-corrected chi connectivity index (χ0v) is 12.9. The minimum absolute atomic E-state index is 0.0948. The van der Waals surface area contributed by atoms with Gasteiger partial charge in [0.15, 0.2) is 0 Å². The van der Waals surface area contributed by atoms with Crippen LogP contribution in [0.25, 0.3) is 10.9 Å².